The van der Waals surface area contributed by atoms with Gasteiger partial charge in [-0.2, -0.15) is 5.26 Å². The fourth-order valence-electron chi connectivity index (χ4n) is 0.468. The fourth-order valence-corrected chi connectivity index (χ4v) is 0.468. The van der Waals surface area contributed by atoms with E-state index in [2.05, 4.69) is 11.1 Å². The van der Waals surface area contributed by atoms with E-state index >= 15 is 0 Å². The topological polar surface area (TPSA) is 62.7 Å². The summed E-state index contributed by atoms with van der Waals surface area (Å²) >= 11 is 0. The summed E-state index contributed by atoms with van der Waals surface area (Å²) in [4.78, 5) is 3.66. The molecule has 0 unspecified atom stereocenters. The van der Waals surface area contributed by atoms with Crippen molar-refractivity contribution in [3.63, 3.8) is 0 Å². The lowest BCUT2D eigenvalue weighted by atomic mass is 10.3. The van der Waals surface area contributed by atoms with Crippen molar-refractivity contribution in [3.05, 3.63) is 23.9 Å². The highest BCUT2D eigenvalue weighted by molar-refractivity contribution is 5.37. The molecule has 0 aliphatic carbocycles. The molecule has 0 aliphatic rings. The third-order valence-electron chi connectivity index (χ3n) is 0.846. The van der Waals surface area contributed by atoms with E-state index < -0.39 is 0 Å². The van der Waals surface area contributed by atoms with Gasteiger partial charge >= 0.3 is 0 Å². The number of aromatic nitrogens is 1. The number of hydrogen-bond donors (Lipinski definition) is 1. The van der Waals surface area contributed by atoms with Gasteiger partial charge in [-0.1, -0.05) is 0 Å². The molecule has 0 amide bonds. The zero-order valence-electron chi connectivity index (χ0n) is 4.63. The van der Waals surface area contributed by atoms with Gasteiger partial charge in [0, 0.05) is 12.3 Å². The van der Waals surface area contributed by atoms with E-state index in [1.165, 1.54) is 12.3 Å². The van der Waals surface area contributed by atoms with Crippen LogP contribution in [0.1, 0.15) is 5.56 Å². The van der Waals surface area contributed by atoms with Gasteiger partial charge in [0.2, 0.25) is 0 Å². The van der Waals surface area contributed by atoms with E-state index in [1.54, 1.807) is 0 Å². The standard InChI is InChI=1S/C6H4N3/c7-4-5-1-2-9-6(8)3-5/h2-3H,(H2,8,9). The normalized spacial score (nSPS) is 8.33. The number of nitrogen functional groups attached to an aromatic ring is 1. The second-order valence-electron chi connectivity index (χ2n) is 1.50. The van der Waals surface area contributed by atoms with E-state index in [-0.39, 0.29) is 0 Å². The molecule has 9 heavy (non-hydrogen) atoms. The maximum atomic E-state index is 8.30. The maximum Gasteiger partial charge on any atom is 0.124 e. The van der Waals surface area contributed by atoms with Gasteiger partial charge in [-0.05, 0) is 6.07 Å². The largest absolute Gasteiger partial charge is 0.384 e. The van der Waals surface area contributed by atoms with Crippen molar-refractivity contribution in [2.24, 2.45) is 0 Å². The first-order chi connectivity index (χ1) is 4.33. The summed E-state index contributed by atoms with van der Waals surface area (Å²) in [6.45, 7) is 0. The van der Waals surface area contributed by atoms with Crippen LogP contribution in [0.2, 0.25) is 0 Å². The monoisotopic (exact) mass is 118 g/mol. The van der Waals surface area contributed by atoms with E-state index in [4.69, 9.17) is 11.0 Å². The molecule has 43 valence electrons. The Morgan fingerprint density at radius 3 is 3.00 bits per heavy atom. The first kappa shape index (κ1) is 5.57. The summed E-state index contributed by atoms with van der Waals surface area (Å²) in [6, 6.07) is 5.97. The Morgan fingerprint density at radius 2 is 2.56 bits per heavy atom. The Balaban J connectivity index is 3.12. The number of rotatable bonds is 0. The summed E-state index contributed by atoms with van der Waals surface area (Å²) in [5.74, 6) is 0.352. The second-order valence-corrected chi connectivity index (χ2v) is 1.50. The van der Waals surface area contributed by atoms with Gasteiger partial charge in [-0.3, -0.25) is 0 Å². The maximum absolute atomic E-state index is 8.30. The highest BCUT2D eigenvalue weighted by Gasteiger charge is 1.88. The van der Waals surface area contributed by atoms with Gasteiger partial charge in [-0.25, -0.2) is 4.98 Å². The lowest BCUT2D eigenvalue weighted by Gasteiger charge is -1.87. The van der Waals surface area contributed by atoms with E-state index in [0.717, 1.165) is 0 Å². The number of nitrogens with two attached hydrogens (primary N) is 1. The number of anilines is 1. The van der Waals surface area contributed by atoms with Crippen molar-refractivity contribution >= 4 is 5.82 Å². The summed E-state index contributed by atoms with van der Waals surface area (Å²) in [5.41, 5.74) is 5.67. The van der Waals surface area contributed by atoms with E-state index in [1.807, 2.05) is 6.07 Å². The van der Waals surface area contributed by atoms with Crippen LogP contribution in [0.3, 0.4) is 0 Å². The quantitative estimate of drug-likeness (QED) is 0.534. The molecule has 1 aromatic rings. The van der Waals surface area contributed by atoms with Crippen molar-refractivity contribution in [2.75, 3.05) is 5.73 Å². The minimum atomic E-state index is 0.352. The Hall–Kier alpha value is -1.56. The lowest BCUT2D eigenvalue weighted by Crippen LogP contribution is -1.88. The van der Waals surface area contributed by atoms with Crippen molar-refractivity contribution in [3.8, 4) is 6.07 Å². The van der Waals surface area contributed by atoms with Gasteiger partial charge in [0.25, 0.3) is 0 Å². The lowest BCUT2D eigenvalue weighted by molar-refractivity contribution is 1.31. The first-order valence-corrected chi connectivity index (χ1v) is 2.36. The van der Waals surface area contributed by atoms with E-state index in [9.17, 15) is 0 Å². The summed E-state index contributed by atoms with van der Waals surface area (Å²) in [5, 5.41) is 8.30. The zero-order chi connectivity index (χ0) is 6.69. The number of pyridine rings is 1. The number of nitrogens with zero attached hydrogens (tertiary/aromatic N) is 2. The number of nitriles is 1. The molecule has 0 atom stereocenters. The molecular formula is C6H4N3. The molecule has 1 radical (unpaired) electrons. The molecule has 1 aromatic heterocycles. The van der Waals surface area contributed by atoms with Gasteiger partial charge < -0.3 is 5.73 Å². The molecule has 0 saturated carbocycles. The average Bonchev–Trinajstić information content (AvgIpc) is 1.88. The predicted molar refractivity (Wildman–Crippen MR) is 32.2 cm³/mol. The van der Waals surface area contributed by atoms with Crippen LogP contribution in [0.5, 0.6) is 0 Å². The molecule has 0 saturated heterocycles. The minimum absolute atomic E-state index is 0.352. The smallest absolute Gasteiger partial charge is 0.124 e. The van der Waals surface area contributed by atoms with Crippen LogP contribution in [-0.2, 0) is 0 Å². The summed E-state index contributed by atoms with van der Waals surface area (Å²) in [7, 11) is 0. The predicted octanol–water partition coefficient (Wildman–Crippen LogP) is 0.336. The molecule has 2 N–H and O–H groups in total. The van der Waals surface area contributed by atoms with Crippen LogP contribution >= 0.6 is 0 Å². The van der Waals surface area contributed by atoms with Gasteiger partial charge in [0.1, 0.15) is 5.82 Å². The van der Waals surface area contributed by atoms with Crippen LogP contribution < -0.4 is 5.73 Å². The summed E-state index contributed by atoms with van der Waals surface area (Å²) < 4.78 is 0. The van der Waals surface area contributed by atoms with Crippen LogP contribution in [0, 0.1) is 17.4 Å². The molecule has 0 aromatic carbocycles. The highest BCUT2D eigenvalue weighted by atomic mass is 14.8. The Bertz CT molecular complexity index is 249. The molecule has 1 rings (SSSR count). The Morgan fingerprint density at radius 1 is 1.78 bits per heavy atom. The molecule has 3 heteroatoms. The SMILES string of the molecule is N#Cc1[c]cnc(N)c1. The minimum Gasteiger partial charge on any atom is -0.384 e. The molecule has 1 heterocycles. The van der Waals surface area contributed by atoms with Crippen molar-refractivity contribution in [1.29, 1.82) is 5.26 Å². The molecule has 3 nitrogen and oxygen atoms in total. The molecule has 0 spiro atoms. The van der Waals surface area contributed by atoms with Crippen molar-refractivity contribution in [1.82, 2.24) is 4.98 Å². The summed E-state index contributed by atoms with van der Waals surface area (Å²) in [6.07, 6.45) is 1.38. The molecule has 0 aliphatic heterocycles. The zero-order valence-corrected chi connectivity index (χ0v) is 4.63. The first-order valence-electron chi connectivity index (χ1n) is 2.36. The highest BCUT2D eigenvalue weighted by Crippen LogP contribution is 1.98. The Labute approximate surface area is 52.7 Å². The van der Waals surface area contributed by atoms with Crippen molar-refractivity contribution < 1.29 is 0 Å². The van der Waals surface area contributed by atoms with Crippen molar-refractivity contribution in [2.45, 2.75) is 0 Å². The average molecular weight is 118 g/mol. The van der Waals surface area contributed by atoms with Gasteiger partial charge in [0.05, 0.1) is 11.6 Å². The number of hydrogen-bond acceptors (Lipinski definition) is 3. The molecule has 0 bridgehead atoms. The van der Waals surface area contributed by atoms with Crippen LogP contribution in [-0.4, -0.2) is 4.98 Å². The fraction of sp³-hybridized carbons (Fsp3) is 0. The molecular weight excluding hydrogens is 114 g/mol. The van der Waals surface area contributed by atoms with Gasteiger partial charge in [0.15, 0.2) is 0 Å². The van der Waals surface area contributed by atoms with Crippen LogP contribution in [0.25, 0.3) is 0 Å². The Kier molecular flexibility index (Phi) is 1.32. The van der Waals surface area contributed by atoms with Gasteiger partial charge in [-0.15, -0.1) is 0 Å². The molecule has 0 fully saturated rings. The third-order valence-corrected chi connectivity index (χ3v) is 0.846. The third kappa shape index (κ3) is 1.16. The van der Waals surface area contributed by atoms with Crippen LogP contribution in [0.4, 0.5) is 5.82 Å². The second kappa shape index (κ2) is 2.14. The van der Waals surface area contributed by atoms with E-state index in [0.29, 0.717) is 11.4 Å². The van der Waals surface area contributed by atoms with Crippen LogP contribution in [0.15, 0.2) is 12.3 Å².